The highest BCUT2D eigenvalue weighted by Crippen LogP contribution is 2.14. The summed E-state index contributed by atoms with van der Waals surface area (Å²) in [7, 11) is 1.68. The van der Waals surface area contributed by atoms with Gasteiger partial charge in [0.2, 0.25) is 0 Å². The minimum absolute atomic E-state index is 0.715. The molecule has 0 saturated carbocycles. The van der Waals surface area contributed by atoms with Crippen LogP contribution >= 0.6 is 11.3 Å². The Kier molecular flexibility index (Phi) is 2.65. The van der Waals surface area contributed by atoms with Crippen molar-refractivity contribution in [3.8, 4) is 0 Å². The number of hydrogen-bond donors (Lipinski definition) is 1. The molecule has 0 aliphatic heterocycles. The van der Waals surface area contributed by atoms with Crippen LogP contribution in [0.15, 0.2) is 6.20 Å². The van der Waals surface area contributed by atoms with E-state index in [-0.39, 0.29) is 0 Å². The molecule has 0 bridgehead atoms. The predicted molar refractivity (Wildman–Crippen MR) is 42.1 cm³/mol. The fourth-order valence-corrected chi connectivity index (χ4v) is 1.30. The van der Waals surface area contributed by atoms with E-state index in [0.29, 0.717) is 6.61 Å². The predicted octanol–water partition coefficient (Wildman–Crippen LogP) is 0.914. The second-order valence-corrected chi connectivity index (χ2v) is 3.05. The summed E-state index contributed by atoms with van der Waals surface area (Å²) in [5, 5.41) is 1.81. The maximum atomic E-state index is 5.47. The van der Waals surface area contributed by atoms with Crippen LogP contribution in [-0.2, 0) is 11.2 Å². The average Bonchev–Trinajstić information content (AvgIpc) is 2.31. The Morgan fingerprint density at radius 1 is 1.80 bits per heavy atom. The van der Waals surface area contributed by atoms with Gasteiger partial charge in [-0.2, -0.15) is 0 Å². The van der Waals surface area contributed by atoms with Gasteiger partial charge in [-0.25, -0.2) is 4.98 Å². The van der Waals surface area contributed by atoms with Crippen molar-refractivity contribution in [2.45, 2.75) is 6.42 Å². The monoisotopic (exact) mass is 158 g/mol. The Bertz CT molecular complexity index is 199. The van der Waals surface area contributed by atoms with E-state index >= 15 is 0 Å². The number of nitrogens with two attached hydrogens (primary N) is 1. The molecule has 0 unspecified atom stereocenters. The summed E-state index contributed by atoms with van der Waals surface area (Å²) in [4.78, 5) is 4.07. The lowest BCUT2D eigenvalue weighted by Gasteiger charge is -1.91. The van der Waals surface area contributed by atoms with Gasteiger partial charge >= 0.3 is 0 Å². The fraction of sp³-hybridized carbons (Fsp3) is 0.500. The van der Waals surface area contributed by atoms with Crippen LogP contribution in [0.3, 0.4) is 0 Å². The Labute approximate surface area is 63.8 Å². The Morgan fingerprint density at radius 3 is 3.10 bits per heavy atom. The van der Waals surface area contributed by atoms with Crippen molar-refractivity contribution in [2.24, 2.45) is 0 Å². The summed E-state index contributed by atoms with van der Waals surface area (Å²) < 4.78 is 4.88. The third-order valence-electron chi connectivity index (χ3n) is 1.09. The average molecular weight is 158 g/mol. The fourth-order valence-electron chi connectivity index (χ4n) is 0.629. The molecule has 0 aliphatic carbocycles. The molecule has 0 amide bonds. The molecule has 1 rings (SSSR count). The van der Waals surface area contributed by atoms with Crippen LogP contribution in [0.4, 0.5) is 5.00 Å². The maximum absolute atomic E-state index is 5.47. The normalized spacial score (nSPS) is 10.1. The number of rotatable bonds is 3. The number of nitrogen functional groups attached to an aromatic ring is 1. The summed E-state index contributed by atoms with van der Waals surface area (Å²) >= 11 is 1.51. The van der Waals surface area contributed by atoms with Crippen molar-refractivity contribution in [1.82, 2.24) is 4.98 Å². The second-order valence-electron chi connectivity index (χ2n) is 1.90. The van der Waals surface area contributed by atoms with E-state index in [1.54, 1.807) is 13.3 Å². The van der Waals surface area contributed by atoms with Crippen LogP contribution in [0.2, 0.25) is 0 Å². The van der Waals surface area contributed by atoms with Gasteiger partial charge in [-0.05, 0) is 0 Å². The number of aromatic nitrogens is 1. The second kappa shape index (κ2) is 3.53. The minimum Gasteiger partial charge on any atom is -0.389 e. The first kappa shape index (κ1) is 7.50. The van der Waals surface area contributed by atoms with E-state index in [1.165, 1.54) is 11.3 Å². The first-order valence-corrected chi connectivity index (χ1v) is 3.83. The first-order chi connectivity index (χ1) is 4.83. The molecule has 2 N–H and O–H groups in total. The molecule has 0 atom stereocenters. The Morgan fingerprint density at radius 2 is 2.60 bits per heavy atom. The van der Waals surface area contributed by atoms with Crippen LogP contribution in [-0.4, -0.2) is 18.7 Å². The quantitative estimate of drug-likeness (QED) is 0.711. The van der Waals surface area contributed by atoms with E-state index in [2.05, 4.69) is 4.98 Å². The zero-order chi connectivity index (χ0) is 7.40. The van der Waals surface area contributed by atoms with E-state index in [9.17, 15) is 0 Å². The lowest BCUT2D eigenvalue weighted by molar-refractivity contribution is 0.202. The van der Waals surface area contributed by atoms with Gasteiger partial charge in [-0.3, -0.25) is 0 Å². The van der Waals surface area contributed by atoms with E-state index in [1.807, 2.05) is 0 Å². The minimum atomic E-state index is 0.715. The van der Waals surface area contributed by atoms with Crippen LogP contribution in [0.1, 0.15) is 5.01 Å². The van der Waals surface area contributed by atoms with Gasteiger partial charge in [0.25, 0.3) is 0 Å². The highest BCUT2D eigenvalue weighted by molar-refractivity contribution is 7.15. The summed E-state index contributed by atoms with van der Waals surface area (Å²) in [6, 6.07) is 0. The lowest BCUT2D eigenvalue weighted by Crippen LogP contribution is -1.92. The van der Waals surface area contributed by atoms with Crippen LogP contribution in [0.25, 0.3) is 0 Å². The molecule has 0 saturated heterocycles. The number of ether oxygens (including phenoxy) is 1. The number of thiazole rings is 1. The molecule has 1 aromatic heterocycles. The lowest BCUT2D eigenvalue weighted by atomic mass is 10.5. The number of nitrogens with zero attached hydrogens (tertiary/aromatic N) is 1. The molecule has 1 heterocycles. The van der Waals surface area contributed by atoms with Crippen molar-refractivity contribution in [3.63, 3.8) is 0 Å². The summed E-state index contributed by atoms with van der Waals surface area (Å²) in [5.74, 6) is 0. The number of anilines is 1. The Hall–Kier alpha value is -0.610. The molecule has 0 aromatic carbocycles. The van der Waals surface area contributed by atoms with Crippen molar-refractivity contribution in [3.05, 3.63) is 11.2 Å². The largest absolute Gasteiger partial charge is 0.389 e. The van der Waals surface area contributed by atoms with Gasteiger partial charge in [0.15, 0.2) is 0 Å². The molecule has 0 radical (unpaired) electrons. The number of hydrogen-bond acceptors (Lipinski definition) is 4. The van der Waals surface area contributed by atoms with Gasteiger partial charge in [-0.1, -0.05) is 0 Å². The third-order valence-corrected chi connectivity index (χ3v) is 1.98. The highest BCUT2D eigenvalue weighted by atomic mass is 32.1. The van der Waals surface area contributed by atoms with Gasteiger partial charge < -0.3 is 10.5 Å². The molecule has 0 aliphatic rings. The summed E-state index contributed by atoms with van der Waals surface area (Å²) in [5.41, 5.74) is 5.47. The molecule has 0 fully saturated rings. The summed E-state index contributed by atoms with van der Waals surface area (Å²) in [6.45, 7) is 0.715. The first-order valence-electron chi connectivity index (χ1n) is 3.02. The van der Waals surface area contributed by atoms with Gasteiger partial charge in [0.05, 0.1) is 17.8 Å². The van der Waals surface area contributed by atoms with Crippen LogP contribution < -0.4 is 5.73 Å². The zero-order valence-electron chi connectivity index (χ0n) is 5.83. The summed E-state index contributed by atoms with van der Waals surface area (Å²) in [6.07, 6.45) is 2.54. The molecule has 4 heteroatoms. The van der Waals surface area contributed by atoms with Crippen molar-refractivity contribution in [2.75, 3.05) is 19.5 Å². The molecule has 56 valence electrons. The zero-order valence-corrected chi connectivity index (χ0v) is 6.65. The van der Waals surface area contributed by atoms with E-state index in [0.717, 1.165) is 16.4 Å². The molecule has 10 heavy (non-hydrogen) atoms. The SMILES string of the molecule is COCCc1ncc(N)s1. The van der Waals surface area contributed by atoms with Crippen molar-refractivity contribution < 1.29 is 4.74 Å². The van der Waals surface area contributed by atoms with Gasteiger partial charge in [0.1, 0.15) is 5.00 Å². The topological polar surface area (TPSA) is 48.1 Å². The third kappa shape index (κ3) is 1.97. The van der Waals surface area contributed by atoms with Gasteiger partial charge in [0, 0.05) is 13.5 Å². The van der Waals surface area contributed by atoms with E-state index in [4.69, 9.17) is 10.5 Å². The van der Waals surface area contributed by atoms with Crippen molar-refractivity contribution >= 4 is 16.3 Å². The highest BCUT2D eigenvalue weighted by Gasteiger charge is 1.96. The van der Waals surface area contributed by atoms with Crippen LogP contribution in [0.5, 0.6) is 0 Å². The van der Waals surface area contributed by atoms with Crippen LogP contribution in [0, 0.1) is 0 Å². The molecule has 3 nitrogen and oxygen atoms in total. The van der Waals surface area contributed by atoms with Gasteiger partial charge in [-0.15, -0.1) is 11.3 Å². The molecular weight excluding hydrogens is 148 g/mol. The maximum Gasteiger partial charge on any atom is 0.106 e. The number of methoxy groups -OCH3 is 1. The van der Waals surface area contributed by atoms with Crippen molar-refractivity contribution in [1.29, 1.82) is 0 Å². The standard InChI is InChI=1S/C6H10N2OS/c1-9-3-2-6-8-4-5(7)10-6/h4H,2-3,7H2,1H3. The molecular formula is C6H10N2OS. The Balaban J connectivity index is 2.42. The smallest absolute Gasteiger partial charge is 0.106 e. The van der Waals surface area contributed by atoms with E-state index < -0.39 is 0 Å². The molecule has 1 aromatic rings. The molecule has 0 spiro atoms.